The fraction of sp³-hybridized carbons (Fsp3) is 0.462. The first kappa shape index (κ1) is 25.5. The number of rotatable bonds is 10. The molecule has 1 heterocycles. The van der Waals surface area contributed by atoms with Gasteiger partial charge in [-0.1, -0.05) is 42.5 Å². The van der Waals surface area contributed by atoms with E-state index in [0.29, 0.717) is 26.2 Å². The molecule has 0 spiro atoms. The number of likely N-dealkylation sites (N-methyl/N-ethyl adjacent to an activating group) is 1. The molecule has 184 valence electrons. The van der Waals surface area contributed by atoms with E-state index in [4.69, 9.17) is 9.57 Å². The number of carbonyl (C=O) groups excluding carboxylic acids is 2. The van der Waals surface area contributed by atoms with Crippen molar-refractivity contribution in [1.29, 1.82) is 0 Å². The van der Waals surface area contributed by atoms with Crippen molar-refractivity contribution in [3.8, 4) is 0 Å². The fourth-order valence-corrected chi connectivity index (χ4v) is 3.82. The van der Waals surface area contributed by atoms with Crippen LogP contribution < -0.4 is 5.32 Å². The minimum Gasteiger partial charge on any atom is -0.430 e. The van der Waals surface area contributed by atoms with Crippen molar-refractivity contribution in [3.63, 3.8) is 0 Å². The maximum absolute atomic E-state index is 13.2. The van der Waals surface area contributed by atoms with E-state index in [9.17, 15) is 9.59 Å². The van der Waals surface area contributed by atoms with Gasteiger partial charge in [-0.3, -0.25) is 4.79 Å². The summed E-state index contributed by atoms with van der Waals surface area (Å²) in [7, 11) is 4.01. The zero-order valence-electron chi connectivity index (χ0n) is 20.6. The lowest BCUT2D eigenvalue weighted by Crippen LogP contribution is -2.39. The second kappa shape index (κ2) is 12.4. The van der Waals surface area contributed by atoms with E-state index in [1.165, 1.54) is 5.56 Å². The van der Waals surface area contributed by atoms with Gasteiger partial charge < -0.3 is 24.7 Å². The number of benzene rings is 2. The smallest absolute Gasteiger partial charge is 0.430 e. The van der Waals surface area contributed by atoms with Gasteiger partial charge in [0.15, 0.2) is 0 Å². The molecule has 34 heavy (non-hydrogen) atoms. The number of fused-ring (bicyclic) bond motifs is 1. The lowest BCUT2D eigenvalue weighted by Gasteiger charge is -2.29. The first-order chi connectivity index (χ1) is 16.3. The lowest BCUT2D eigenvalue weighted by atomic mass is 9.99. The van der Waals surface area contributed by atoms with Crippen LogP contribution in [0.3, 0.4) is 0 Å². The van der Waals surface area contributed by atoms with Crippen molar-refractivity contribution < 1.29 is 19.2 Å². The summed E-state index contributed by atoms with van der Waals surface area (Å²) in [6.45, 7) is 6.80. The van der Waals surface area contributed by atoms with Crippen molar-refractivity contribution in [3.05, 3.63) is 65.2 Å². The van der Waals surface area contributed by atoms with Gasteiger partial charge in [0.05, 0.1) is 19.2 Å². The Balaban J connectivity index is 1.64. The monoisotopic (exact) mass is 468 g/mol. The maximum Gasteiger partial charge on any atom is 0.528 e. The van der Waals surface area contributed by atoms with Crippen LogP contribution in [0.2, 0.25) is 0 Å². The highest BCUT2D eigenvalue weighted by Gasteiger charge is 2.23. The summed E-state index contributed by atoms with van der Waals surface area (Å²) in [5, 5.41) is 4.94. The van der Waals surface area contributed by atoms with Crippen LogP contribution in [-0.2, 0) is 33.9 Å². The second-order valence-electron chi connectivity index (χ2n) is 9.02. The summed E-state index contributed by atoms with van der Waals surface area (Å²) >= 11 is 0. The normalized spacial score (nSPS) is 13.5. The molecule has 2 aromatic rings. The van der Waals surface area contributed by atoms with Crippen LogP contribution in [0.4, 0.5) is 10.5 Å². The van der Waals surface area contributed by atoms with Crippen LogP contribution in [0, 0.1) is 0 Å². The minimum atomic E-state index is -0.698. The molecule has 1 aliphatic rings. The molecule has 2 aromatic carbocycles. The molecule has 0 radical (unpaired) electrons. The van der Waals surface area contributed by atoms with E-state index >= 15 is 0 Å². The van der Waals surface area contributed by atoms with Gasteiger partial charge in [-0.05, 0) is 57.1 Å². The summed E-state index contributed by atoms with van der Waals surface area (Å²) in [5.74, 6) is 0.0349. The van der Waals surface area contributed by atoms with Gasteiger partial charge in [-0.2, -0.15) is 0 Å². The number of amides is 1. The first-order valence-corrected chi connectivity index (χ1v) is 11.8. The predicted octanol–water partition coefficient (Wildman–Crippen LogP) is 3.52. The molecule has 0 aliphatic carbocycles. The molecular formula is C26H36N4O4. The van der Waals surface area contributed by atoms with Gasteiger partial charge in [0.1, 0.15) is 0 Å². The molecule has 8 heteroatoms. The highest BCUT2D eigenvalue weighted by atomic mass is 16.8. The van der Waals surface area contributed by atoms with Gasteiger partial charge in [0.25, 0.3) is 0 Å². The van der Waals surface area contributed by atoms with E-state index in [1.807, 2.05) is 61.5 Å². The highest BCUT2D eigenvalue weighted by molar-refractivity contribution is 5.81. The van der Waals surface area contributed by atoms with Gasteiger partial charge in [-0.15, -0.1) is 5.06 Å². The molecule has 0 unspecified atom stereocenters. The molecule has 1 aliphatic heterocycles. The number of ether oxygens (including phenoxy) is 1. The topological polar surface area (TPSA) is 74.3 Å². The largest absolute Gasteiger partial charge is 0.528 e. The van der Waals surface area contributed by atoms with Crippen LogP contribution in [-0.4, -0.2) is 73.3 Å². The SMILES string of the molecule is CC(C)OC(=O)ON1CCc2cccc(NCC(=O)N(CCN(C)C)Cc3ccccc3)c2C1. The van der Waals surface area contributed by atoms with E-state index in [0.717, 1.165) is 29.8 Å². The zero-order valence-corrected chi connectivity index (χ0v) is 20.6. The Bertz CT molecular complexity index is 949. The van der Waals surface area contributed by atoms with Crippen molar-refractivity contribution in [2.45, 2.75) is 39.5 Å². The van der Waals surface area contributed by atoms with E-state index in [1.54, 1.807) is 18.9 Å². The standard InChI is InChI=1S/C26H36N4O4/c1-20(2)33-26(32)34-30-14-13-22-11-8-12-24(23(22)19-30)27-17-25(31)29(16-15-28(3)4)18-21-9-6-5-7-10-21/h5-12,20,27H,13-19H2,1-4H3. The summed E-state index contributed by atoms with van der Waals surface area (Å²) in [6.07, 6.45) is -0.188. The van der Waals surface area contributed by atoms with Crippen LogP contribution in [0.1, 0.15) is 30.5 Å². The third-order valence-corrected chi connectivity index (χ3v) is 5.59. The molecule has 0 fully saturated rings. The average molecular weight is 469 g/mol. The number of anilines is 1. The van der Waals surface area contributed by atoms with E-state index in [-0.39, 0.29) is 18.6 Å². The molecular weight excluding hydrogens is 432 g/mol. The molecule has 0 aromatic heterocycles. The van der Waals surface area contributed by atoms with Crippen molar-refractivity contribution in [2.24, 2.45) is 0 Å². The number of hydrogen-bond acceptors (Lipinski definition) is 7. The Morgan fingerprint density at radius 1 is 1.06 bits per heavy atom. The highest BCUT2D eigenvalue weighted by Crippen LogP contribution is 2.26. The molecule has 0 saturated carbocycles. The molecule has 0 saturated heterocycles. The second-order valence-corrected chi connectivity index (χ2v) is 9.02. The van der Waals surface area contributed by atoms with Gasteiger partial charge in [-0.25, -0.2) is 4.79 Å². The Kier molecular flexibility index (Phi) is 9.30. The summed E-state index contributed by atoms with van der Waals surface area (Å²) < 4.78 is 5.09. The molecule has 0 atom stereocenters. The van der Waals surface area contributed by atoms with Crippen LogP contribution in [0.25, 0.3) is 0 Å². The fourth-order valence-electron chi connectivity index (χ4n) is 3.82. The average Bonchev–Trinajstić information content (AvgIpc) is 2.80. The number of hydrogen-bond donors (Lipinski definition) is 1. The number of hydroxylamine groups is 2. The summed E-state index contributed by atoms with van der Waals surface area (Å²) in [5.41, 5.74) is 4.20. The summed E-state index contributed by atoms with van der Waals surface area (Å²) in [6, 6.07) is 16.1. The van der Waals surface area contributed by atoms with Gasteiger partial charge in [0.2, 0.25) is 5.91 Å². The van der Waals surface area contributed by atoms with E-state index < -0.39 is 6.16 Å². The van der Waals surface area contributed by atoms with Crippen LogP contribution in [0.15, 0.2) is 48.5 Å². The quantitative estimate of drug-likeness (QED) is 0.535. The zero-order chi connectivity index (χ0) is 24.5. The molecule has 8 nitrogen and oxygen atoms in total. The third-order valence-electron chi connectivity index (χ3n) is 5.59. The van der Waals surface area contributed by atoms with Crippen molar-refractivity contribution >= 4 is 17.7 Å². The molecule has 0 bridgehead atoms. The molecule has 1 amide bonds. The lowest BCUT2D eigenvalue weighted by molar-refractivity contribution is -0.141. The Hall–Kier alpha value is -3.10. The van der Waals surface area contributed by atoms with Gasteiger partial charge in [0, 0.05) is 31.9 Å². The predicted molar refractivity (Wildman–Crippen MR) is 132 cm³/mol. The number of carbonyl (C=O) groups is 2. The maximum atomic E-state index is 13.2. The van der Waals surface area contributed by atoms with Gasteiger partial charge >= 0.3 is 6.16 Å². The van der Waals surface area contributed by atoms with E-state index in [2.05, 4.69) is 16.3 Å². The van der Waals surface area contributed by atoms with Crippen LogP contribution >= 0.6 is 0 Å². The minimum absolute atomic E-state index is 0.0349. The summed E-state index contributed by atoms with van der Waals surface area (Å²) in [4.78, 5) is 34.4. The van der Waals surface area contributed by atoms with Crippen molar-refractivity contribution in [2.75, 3.05) is 45.6 Å². The molecule has 1 N–H and O–H groups in total. The van der Waals surface area contributed by atoms with Crippen LogP contribution in [0.5, 0.6) is 0 Å². The number of nitrogens with zero attached hydrogens (tertiary/aromatic N) is 3. The Morgan fingerprint density at radius 3 is 2.53 bits per heavy atom. The third kappa shape index (κ3) is 7.74. The van der Waals surface area contributed by atoms with Crippen molar-refractivity contribution in [1.82, 2.24) is 14.9 Å². The first-order valence-electron chi connectivity index (χ1n) is 11.8. The number of nitrogens with one attached hydrogen (secondary N) is 1. The molecule has 3 rings (SSSR count). The Morgan fingerprint density at radius 2 is 1.82 bits per heavy atom. The Labute approximate surface area is 202 Å².